The molecular formula is C22H24ClN5. The second kappa shape index (κ2) is 8.07. The fourth-order valence-corrected chi connectivity index (χ4v) is 3.60. The minimum Gasteiger partial charge on any atom is -0.372 e. The lowest BCUT2D eigenvalue weighted by molar-refractivity contribution is 0.949. The number of nitrogens with zero attached hydrogens (tertiary/aromatic N) is 3. The van der Waals surface area contributed by atoms with Crippen LogP contribution in [-0.4, -0.2) is 23.1 Å². The van der Waals surface area contributed by atoms with Gasteiger partial charge in [0.15, 0.2) is 0 Å². The molecule has 2 heterocycles. The van der Waals surface area contributed by atoms with Gasteiger partial charge in [0.2, 0.25) is 5.95 Å². The molecule has 6 heteroatoms. The van der Waals surface area contributed by atoms with E-state index in [0.717, 1.165) is 46.6 Å². The van der Waals surface area contributed by atoms with Crippen LogP contribution in [0.2, 0.25) is 5.02 Å². The van der Waals surface area contributed by atoms with Crippen molar-refractivity contribution < 1.29 is 0 Å². The highest BCUT2D eigenvalue weighted by atomic mass is 35.5. The number of benzene rings is 2. The Hall–Kier alpha value is -2.79. The summed E-state index contributed by atoms with van der Waals surface area (Å²) in [4.78, 5) is 11.5. The van der Waals surface area contributed by atoms with Crippen LogP contribution in [0.25, 0.3) is 0 Å². The first-order chi connectivity index (χ1) is 13.6. The van der Waals surface area contributed by atoms with E-state index in [9.17, 15) is 0 Å². The van der Waals surface area contributed by atoms with Gasteiger partial charge in [0, 0.05) is 46.9 Å². The molecule has 28 heavy (non-hydrogen) atoms. The number of rotatable bonds is 5. The first-order valence-corrected chi connectivity index (χ1v) is 9.96. The van der Waals surface area contributed by atoms with Crippen LogP contribution in [0.3, 0.4) is 0 Å². The van der Waals surface area contributed by atoms with Crippen molar-refractivity contribution in [3.63, 3.8) is 0 Å². The lowest BCUT2D eigenvalue weighted by Crippen LogP contribution is -2.17. The SMILES string of the molecule is Cc1cc(Nc2cccc(Cl)c2C)nc(Nc2ccc(N3CCCC3)cc2)n1. The average Bonchev–Trinajstić information content (AvgIpc) is 3.20. The molecular weight excluding hydrogens is 370 g/mol. The van der Waals surface area contributed by atoms with Gasteiger partial charge < -0.3 is 15.5 Å². The number of hydrogen-bond donors (Lipinski definition) is 2. The third-order valence-electron chi connectivity index (χ3n) is 4.98. The number of nitrogens with one attached hydrogen (secondary N) is 2. The van der Waals surface area contributed by atoms with Crippen LogP contribution in [0.5, 0.6) is 0 Å². The number of halogens is 1. The van der Waals surface area contributed by atoms with Crippen molar-refractivity contribution in [3.8, 4) is 0 Å². The highest BCUT2D eigenvalue weighted by Gasteiger charge is 2.12. The van der Waals surface area contributed by atoms with Gasteiger partial charge in [0.25, 0.3) is 0 Å². The van der Waals surface area contributed by atoms with Gasteiger partial charge in [-0.3, -0.25) is 0 Å². The summed E-state index contributed by atoms with van der Waals surface area (Å²) in [5, 5.41) is 7.38. The van der Waals surface area contributed by atoms with E-state index in [0.29, 0.717) is 5.95 Å². The van der Waals surface area contributed by atoms with E-state index in [1.165, 1.54) is 18.5 Å². The summed E-state index contributed by atoms with van der Waals surface area (Å²) in [5.41, 5.74) is 5.05. The van der Waals surface area contributed by atoms with Crippen LogP contribution in [0.1, 0.15) is 24.1 Å². The Kier molecular flexibility index (Phi) is 5.35. The topological polar surface area (TPSA) is 53.1 Å². The van der Waals surface area contributed by atoms with Crippen molar-refractivity contribution in [2.24, 2.45) is 0 Å². The molecule has 0 aliphatic carbocycles. The Balaban J connectivity index is 1.51. The van der Waals surface area contributed by atoms with Gasteiger partial charge in [0.1, 0.15) is 5.82 Å². The van der Waals surface area contributed by atoms with Gasteiger partial charge in [-0.25, -0.2) is 4.98 Å². The molecule has 1 aromatic heterocycles. The van der Waals surface area contributed by atoms with Gasteiger partial charge in [0.05, 0.1) is 0 Å². The highest BCUT2D eigenvalue weighted by Crippen LogP contribution is 2.27. The molecule has 0 saturated carbocycles. The second-order valence-electron chi connectivity index (χ2n) is 7.12. The molecule has 144 valence electrons. The summed E-state index contributed by atoms with van der Waals surface area (Å²) in [6, 6.07) is 16.2. The van der Waals surface area contributed by atoms with Crippen molar-refractivity contribution in [1.29, 1.82) is 0 Å². The molecule has 2 N–H and O–H groups in total. The monoisotopic (exact) mass is 393 g/mol. The van der Waals surface area contributed by atoms with Gasteiger partial charge in [-0.05, 0) is 68.7 Å². The van der Waals surface area contributed by atoms with Crippen LogP contribution in [0, 0.1) is 13.8 Å². The summed E-state index contributed by atoms with van der Waals surface area (Å²) in [5.74, 6) is 1.30. The summed E-state index contributed by atoms with van der Waals surface area (Å²) < 4.78 is 0. The predicted molar refractivity (Wildman–Crippen MR) is 117 cm³/mol. The quantitative estimate of drug-likeness (QED) is 0.570. The second-order valence-corrected chi connectivity index (χ2v) is 7.53. The van der Waals surface area contributed by atoms with Crippen molar-refractivity contribution in [2.75, 3.05) is 28.6 Å². The predicted octanol–water partition coefficient (Wildman–Crippen LogP) is 5.83. The molecule has 4 rings (SSSR count). The third kappa shape index (κ3) is 4.20. The largest absolute Gasteiger partial charge is 0.372 e. The van der Waals surface area contributed by atoms with E-state index < -0.39 is 0 Å². The Bertz CT molecular complexity index is 965. The molecule has 5 nitrogen and oxygen atoms in total. The van der Waals surface area contributed by atoms with E-state index in [4.69, 9.17) is 11.6 Å². The Morgan fingerprint density at radius 3 is 2.43 bits per heavy atom. The molecule has 0 radical (unpaired) electrons. The first-order valence-electron chi connectivity index (χ1n) is 9.58. The molecule has 1 saturated heterocycles. The molecule has 0 unspecified atom stereocenters. The zero-order valence-corrected chi connectivity index (χ0v) is 16.9. The molecule has 1 aliphatic rings. The fourth-order valence-electron chi connectivity index (χ4n) is 3.43. The minimum absolute atomic E-state index is 0.566. The summed E-state index contributed by atoms with van der Waals surface area (Å²) in [6.45, 7) is 6.23. The number of anilines is 5. The maximum absolute atomic E-state index is 6.22. The van der Waals surface area contributed by atoms with Crippen molar-refractivity contribution in [2.45, 2.75) is 26.7 Å². The highest BCUT2D eigenvalue weighted by molar-refractivity contribution is 6.31. The van der Waals surface area contributed by atoms with Crippen LogP contribution >= 0.6 is 11.6 Å². The zero-order valence-electron chi connectivity index (χ0n) is 16.2. The normalized spacial score (nSPS) is 13.6. The molecule has 0 bridgehead atoms. The lowest BCUT2D eigenvalue weighted by atomic mass is 10.2. The first kappa shape index (κ1) is 18.6. The van der Waals surface area contributed by atoms with E-state index in [-0.39, 0.29) is 0 Å². The molecule has 1 fully saturated rings. The van der Waals surface area contributed by atoms with E-state index >= 15 is 0 Å². The summed E-state index contributed by atoms with van der Waals surface area (Å²) in [7, 11) is 0. The van der Waals surface area contributed by atoms with Gasteiger partial charge in [-0.2, -0.15) is 4.98 Å². The fraction of sp³-hybridized carbons (Fsp3) is 0.273. The Morgan fingerprint density at radius 2 is 1.68 bits per heavy atom. The van der Waals surface area contributed by atoms with Gasteiger partial charge in [-0.1, -0.05) is 17.7 Å². The van der Waals surface area contributed by atoms with E-state index in [1.807, 2.05) is 38.1 Å². The number of aromatic nitrogens is 2. The molecule has 1 aliphatic heterocycles. The van der Waals surface area contributed by atoms with Crippen molar-refractivity contribution in [1.82, 2.24) is 9.97 Å². The van der Waals surface area contributed by atoms with Crippen LogP contribution in [0.15, 0.2) is 48.5 Å². The number of hydrogen-bond acceptors (Lipinski definition) is 5. The standard InChI is InChI=1S/C22H24ClN5/c1-15-14-21(26-20-7-5-6-19(23)16(20)2)27-22(24-15)25-17-8-10-18(11-9-17)28-12-3-4-13-28/h5-11,14H,3-4,12-13H2,1-2H3,(H2,24,25,26,27). The molecule has 0 atom stereocenters. The minimum atomic E-state index is 0.566. The van der Waals surface area contributed by atoms with Crippen LogP contribution in [0.4, 0.5) is 28.8 Å². The molecule has 3 aromatic rings. The maximum atomic E-state index is 6.22. The average molecular weight is 394 g/mol. The van der Waals surface area contributed by atoms with Gasteiger partial charge >= 0.3 is 0 Å². The molecule has 2 aromatic carbocycles. The Labute approximate surface area is 170 Å². The third-order valence-corrected chi connectivity index (χ3v) is 5.39. The zero-order chi connectivity index (χ0) is 19.5. The number of aryl methyl sites for hydroxylation is 1. The van der Waals surface area contributed by atoms with Crippen LogP contribution in [-0.2, 0) is 0 Å². The summed E-state index contributed by atoms with van der Waals surface area (Å²) in [6.07, 6.45) is 2.55. The maximum Gasteiger partial charge on any atom is 0.229 e. The van der Waals surface area contributed by atoms with Gasteiger partial charge in [-0.15, -0.1) is 0 Å². The van der Waals surface area contributed by atoms with Crippen molar-refractivity contribution in [3.05, 3.63) is 64.8 Å². The lowest BCUT2D eigenvalue weighted by Gasteiger charge is -2.18. The Morgan fingerprint density at radius 1 is 0.929 bits per heavy atom. The van der Waals surface area contributed by atoms with Crippen LogP contribution < -0.4 is 15.5 Å². The van der Waals surface area contributed by atoms with E-state index in [2.05, 4.69) is 49.8 Å². The smallest absolute Gasteiger partial charge is 0.229 e. The summed E-state index contributed by atoms with van der Waals surface area (Å²) >= 11 is 6.22. The molecule has 0 amide bonds. The van der Waals surface area contributed by atoms with Crippen molar-refractivity contribution >= 4 is 40.4 Å². The molecule has 0 spiro atoms. The van der Waals surface area contributed by atoms with E-state index in [1.54, 1.807) is 0 Å².